The summed E-state index contributed by atoms with van der Waals surface area (Å²) in [6.07, 6.45) is 11.9. The number of rotatable bonds is 15. The van der Waals surface area contributed by atoms with Crippen molar-refractivity contribution in [1.82, 2.24) is 15.5 Å². The Hall–Kier alpha value is -4.19. The zero-order chi connectivity index (χ0) is 34.6. The molecule has 0 saturated carbocycles. The number of anilines is 1. The van der Waals surface area contributed by atoms with Crippen molar-refractivity contribution in [3.63, 3.8) is 0 Å². The minimum absolute atomic E-state index is 0.0644. The third-order valence-corrected chi connectivity index (χ3v) is 8.48. The van der Waals surface area contributed by atoms with E-state index in [1.165, 1.54) is 11.3 Å². The quantitative estimate of drug-likeness (QED) is 0.0939. The minimum Gasteiger partial charge on any atom is -0.444 e. The van der Waals surface area contributed by atoms with Gasteiger partial charge in [-0.3, -0.25) is 9.59 Å². The van der Waals surface area contributed by atoms with Crippen molar-refractivity contribution in [2.24, 2.45) is 22.6 Å². The Morgan fingerprint density at radius 2 is 1.79 bits per heavy atom. The van der Waals surface area contributed by atoms with Gasteiger partial charge in [0, 0.05) is 25.0 Å². The number of aryl methyl sites for hydroxylation is 1. The van der Waals surface area contributed by atoms with Crippen LogP contribution in [0.1, 0.15) is 96.2 Å². The monoisotopic (exact) mass is 663 g/mol. The highest BCUT2D eigenvalue weighted by molar-refractivity contribution is 7.15. The Bertz CT molecular complexity index is 1500. The number of ether oxygens (including phenoxy) is 1. The molecule has 1 aliphatic rings. The number of aromatic nitrogens is 2. The van der Waals surface area contributed by atoms with Crippen LogP contribution in [0.5, 0.6) is 0 Å². The second-order valence-electron chi connectivity index (χ2n) is 13.5. The summed E-state index contributed by atoms with van der Waals surface area (Å²) in [6.45, 7) is 11.3. The van der Waals surface area contributed by atoms with Gasteiger partial charge in [0.25, 0.3) is 5.91 Å². The van der Waals surface area contributed by atoms with Gasteiger partial charge in [-0.2, -0.15) is 0 Å². The van der Waals surface area contributed by atoms with Crippen molar-refractivity contribution in [3.8, 4) is 0 Å². The zero-order valence-corrected chi connectivity index (χ0v) is 29.2. The van der Waals surface area contributed by atoms with Crippen LogP contribution in [0.25, 0.3) is 0 Å². The molecule has 0 spiro atoms. The number of allylic oxidation sites excluding steroid dienone is 4. The normalized spacial score (nSPS) is 16.5. The van der Waals surface area contributed by atoms with Crippen LogP contribution in [0.3, 0.4) is 0 Å². The molecule has 3 amide bonds. The first-order valence-corrected chi connectivity index (χ1v) is 16.9. The van der Waals surface area contributed by atoms with Crippen LogP contribution in [0.15, 0.2) is 53.6 Å². The van der Waals surface area contributed by atoms with Crippen LogP contribution < -0.4 is 16.4 Å². The summed E-state index contributed by atoms with van der Waals surface area (Å²) in [5.41, 5.74) is 6.83. The van der Waals surface area contributed by atoms with E-state index in [0.29, 0.717) is 42.4 Å². The number of nitrogens with one attached hydrogen (secondary N) is 3. The molecule has 254 valence electrons. The smallest absolute Gasteiger partial charge is 0.408 e. The number of aliphatic imine (C=N–C) groups is 1. The van der Waals surface area contributed by atoms with E-state index in [-0.39, 0.29) is 30.0 Å². The lowest BCUT2D eigenvalue weighted by Crippen LogP contribution is -2.43. The Kier molecular flexibility index (Phi) is 13.6. The first-order valence-electron chi connectivity index (χ1n) is 16.1. The number of carbonyl (C=O) groups excluding carboxylic acids is 3. The maximum Gasteiger partial charge on any atom is 0.408 e. The fraction of sp³-hybridized carbons (Fsp3) is 0.514. The molecule has 11 nitrogen and oxygen atoms in total. The van der Waals surface area contributed by atoms with Crippen LogP contribution in [-0.2, 0) is 32.7 Å². The van der Waals surface area contributed by atoms with Crippen molar-refractivity contribution in [3.05, 3.63) is 64.7 Å². The molecule has 0 fully saturated rings. The Morgan fingerprint density at radius 1 is 1.04 bits per heavy atom. The molecule has 0 radical (unpaired) electrons. The third-order valence-electron chi connectivity index (χ3n) is 7.58. The number of unbranched alkanes of at least 4 members (excludes halogenated alkanes) is 1. The molecule has 1 aromatic carbocycles. The van der Waals surface area contributed by atoms with Gasteiger partial charge >= 0.3 is 6.09 Å². The second kappa shape index (κ2) is 17.1. The molecule has 0 bridgehead atoms. The topological polar surface area (TPSA) is 173 Å². The van der Waals surface area contributed by atoms with Crippen LogP contribution >= 0.6 is 11.3 Å². The molecule has 0 saturated heterocycles. The molecule has 12 heteroatoms. The molecule has 1 aliphatic carbocycles. The van der Waals surface area contributed by atoms with E-state index >= 15 is 0 Å². The average Bonchev–Trinajstić information content (AvgIpc) is 3.41. The number of hydrogen-bond donors (Lipinski definition) is 4. The lowest BCUT2D eigenvalue weighted by molar-refractivity contribution is -0.117. The lowest BCUT2D eigenvalue weighted by Gasteiger charge is -2.29. The fourth-order valence-corrected chi connectivity index (χ4v) is 5.76. The molecule has 2 atom stereocenters. The van der Waals surface area contributed by atoms with Gasteiger partial charge in [-0.25, -0.2) is 9.79 Å². The van der Waals surface area contributed by atoms with Gasteiger partial charge < -0.3 is 26.5 Å². The van der Waals surface area contributed by atoms with Gasteiger partial charge in [0.1, 0.15) is 16.4 Å². The molecule has 2 aromatic rings. The Balaban J connectivity index is 1.35. The second-order valence-corrected chi connectivity index (χ2v) is 14.5. The van der Waals surface area contributed by atoms with Crippen LogP contribution in [0.4, 0.5) is 9.93 Å². The highest BCUT2D eigenvalue weighted by atomic mass is 32.1. The van der Waals surface area contributed by atoms with E-state index < -0.39 is 17.2 Å². The summed E-state index contributed by atoms with van der Waals surface area (Å²) >= 11 is 1.38. The average molecular weight is 664 g/mol. The summed E-state index contributed by atoms with van der Waals surface area (Å²) in [5.74, 6) is 0.283. The molecule has 3 rings (SSSR count). The summed E-state index contributed by atoms with van der Waals surface area (Å²) in [5, 5.41) is 23.7. The standard InChI is InChI=1S/C35H49N7O4S/c1-23-12-7-8-14-25(23)22-30(44)39-32-42-41-31(47-32)17-10-9-16-27(36)18-19-28(37)38-29(43)21-24-13-11-15-26(20-24)35(5,6)40-33(45)46-34(2,3)4/h7-8,11-15,20,23,25,36H,9-10,16-19,21-22H2,1-6H3,(H,40,45)(H2,37,38,43)(H,39,42,44). The number of nitrogens with zero attached hydrogens (tertiary/aromatic N) is 3. The van der Waals surface area contributed by atoms with E-state index in [0.717, 1.165) is 35.4 Å². The molecule has 5 N–H and O–H groups in total. The highest BCUT2D eigenvalue weighted by Crippen LogP contribution is 2.25. The maximum atomic E-state index is 12.6. The van der Waals surface area contributed by atoms with Gasteiger partial charge in [-0.15, -0.1) is 10.2 Å². The zero-order valence-electron chi connectivity index (χ0n) is 28.4. The SMILES string of the molecule is CC1C=CC=CC1CC(=O)Nc1nnc(CCCCC(=N)CCC(N)=NC(=O)Cc2cccc(C(C)(C)NC(=O)OC(C)(C)C)c2)s1. The number of carbonyl (C=O) groups is 3. The first kappa shape index (κ1) is 37.3. The van der Waals surface area contributed by atoms with E-state index in [1.54, 1.807) is 20.8 Å². The summed E-state index contributed by atoms with van der Waals surface area (Å²) in [7, 11) is 0. The fourth-order valence-electron chi connectivity index (χ4n) is 4.96. The molecule has 0 aliphatic heterocycles. The summed E-state index contributed by atoms with van der Waals surface area (Å²) < 4.78 is 5.38. The lowest BCUT2D eigenvalue weighted by atomic mass is 9.87. The summed E-state index contributed by atoms with van der Waals surface area (Å²) in [4.78, 5) is 41.4. The van der Waals surface area contributed by atoms with Crippen molar-refractivity contribution in [2.45, 2.75) is 104 Å². The Labute approximate surface area is 282 Å². The van der Waals surface area contributed by atoms with Gasteiger partial charge in [0.2, 0.25) is 11.0 Å². The number of benzene rings is 1. The number of alkyl carbamates (subject to hydrolysis) is 1. The molecular weight excluding hydrogens is 614 g/mol. The van der Waals surface area contributed by atoms with Gasteiger partial charge in [-0.1, -0.05) is 66.8 Å². The number of amidine groups is 1. The third kappa shape index (κ3) is 13.6. The summed E-state index contributed by atoms with van der Waals surface area (Å²) in [6, 6.07) is 7.42. The molecule has 1 aromatic heterocycles. The first-order chi connectivity index (χ1) is 22.1. The van der Waals surface area contributed by atoms with E-state index in [4.69, 9.17) is 15.9 Å². The number of hydrogen-bond acceptors (Lipinski definition) is 8. The van der Waals surface area contributed by atoms with E-state index in [9.17, 15) is 14.4 Å². The molecule has 1 heterocycles. The van der Waals surface area contributed by atoms with E-state index in [2.05, 4.69) is 44.9 Å². The van der Waals surface area contributed by atoms with Crippen LogP contribution in [-0.4, -0.2) is 45.3 Å². The molecule has 2 unspecified atom stereocenters. The van der Waals surface area contributed by atoms with Gasteiger partial charge in [0.05, 0.1) is 12.0 Å². The van der Waals surface area contributed by atoms with Gasteiger partial charge in [-0.05, 0) is 83.3 Å². The largest absolute Gasteiger partial charge is 0.444 e. The predicted molar refractivity (Wildman–Crippen MR) is 188 cm³/mol. The minimum atomic E-state index is -0.717. The molecular formula is C35H49N7O4S. The van der Waals surface area contributed by atoms with Crippen LogP contribution in [0, 0.1) is 17.2 Å². The highest BCUT2D eigenvalue weighted by Gasteiger charge is 2.26. The van der Waals surface area contributed by atoms with E-state index in [1.807, 2.05) is 50.3 Å². The van der Waals surface area contributed by atoms with Crippen molar-refractivity contribution < 1.29 is 19.1 Å². The van der Waals surface area contributed by atoms with Gasteiger partial charge in [0.15, 0.2) is 0 Å². The number of nitrogens with two attached hydrogens (primary N) is 1. The predicted octanol–water partition coefficient (Wildman–Crippen LogP) is 6.64. The van der Waals surface area contributed by atoms with Crippen molar-refractivity contribution in [2.75, 3.05) is 5.32 Å². The number of amides is 3. The van der Waals surface area contributed by atoms with Crippen LogP contribution in [0.2, 0.25) is 0 Å². The Morgan fingerprint density at radius 3 is 2.51 bits per heavy atom. The maximum absolute atomic E-state index is 12.6. The molecule has 47 heavy (non-hydrogen) atoms. The van der Waals surface area contributed by atoms with Crippen molar-refractivity contribution >= 4 is 45.9 Å². The van der Waals surface area contributed by atoms with Crippen molar-refractivity contribution in [1.29, 1.82) is 5.41 Å².